The molecule has 33 heavy (non-hydrogen) atoms. The van der Waals surface area contributed by atoms with Gasteiger partial charge in [0.05, 0.1) is 12.5 Å². The zero-order chi connectivity index (χ0) is 25.7. The standard InChI is InChI=1S/C19H36N8O6/c1-4-9(2)14(27-15(29)11(20)6-5-7-24-19(22)23)17(31)26-12(8-13(21)28)16(30)25-10(3)18(32)33/h9-12,14H,4-8,20H2,1-3H3,(H2,21,28)(H,25,30)(H,26,31)(H,27,29)(H,32,33)(H4,22,23,24). The van der Waals surface area contributed by atoms with E-state index in [0.717, 1.165) is 0 Å². The predicted molar refractivity (Wildman–Crippen MR) is 120 cm³/mol. The summed E-state index contributed by atoms with van der Waals surface area (Å²) in [5, 5.41) is 16.1. The molecule has 5 atom stereocenters. The number of hydrogen-bond acceptors (Lipinski definition) is 7. The number of carbonyl (C=O) groups excluding carboxylic acids is 4. The van der Waals surface area contributed by atoms with E-state index in [1.807, 2.05) is 0 Å². The lowest BCUT2D eigenvalue weighted by atomic mass is 9.97. The van der Waals surface area contributed by atoms with Gasteiger partial charge in [-0.15, -0.1) is 0 Å². The second kappa shape index (κ2) is 14.6. The van der Waals surface area contributed by atoms with Gasteiger partial charge in [0.1, 0.15) is 18.1 Å². The van der Waals surface area contributed by atoms with E-state index in [-0.39, 0.29) is 24.8 Å². The second-order valence-electron chi connectivity index (χ2n) is 7.73. The molecule has 14 nitrogen and oxygen atoms in total. The normalized spacial score (nSPS) is 15.2. The maximum Gasteiger partial charge on any atom is 0.325 e. The number of carboxylic acid groups (broad SMARTS) is 1. The van der Waals surface area contributed by atoms with E-state index in [1.165, 1.54) is 6.92 Å². The van der Waals surface area contributed by atoms with Gasteiger partial charge in [-0.2, -0.15) is 0 Å². The lowest BCUT2D eigenvalue weighted by Crippen LogP contribution is -2.59. The highest BCUT2D eigenvalue weighted by Crippen LogP contribution is 2.10. The van der Waals surface area contributed by atoms with Crippen molar-refractivity contribution in [3.05, 3.63) is 0 Å². The van der Waals surface area contributed by atoms with Gasteiger partial charge in [0.15, 0.2) is 5.96 Å². The van der Waals surface area contributed by atoms with Gasteiger partial charge >= 0.3 is 5.97 Å². The van der Waals surface area contributed by atoms with Crippen LogP contribution in [0.25, 0.3) is 0 Å². The third-order valence-corrected chi connectivity index (χ3v) is 4.87. The number of nitrogens with zero attached hydrogens (tertiary/aromatic N) is 1. The van der Waals surface area contributed by atoms with Crippen molar-refractivity contribution in [1.82, 2.24) is 16.0 Å². The SMILES string of the molecule is CCC(C)C(NC(=O)C(N)CCCN=C(N)N)C(=O)NC(CC(N)=O)C(=O)NC(C)C(=O)O. The Kier molecular flexibility index (Phi) is 13.1. The van der Waals surface area contributed by atoms with E-state index in [0.29, 0.717) is 12.8 Å². The number of aliphatic imine (C=N–C) groups is 1. The van der Waals surface area contributed by atoms with E-state index in [9.17, 15) is 24.0 Å². The lowest BCUT2D eigenvalue weighted by molar-refractivity contribution is -0.142. The number of guanidine groups is 1. The molecule has 0 radical (unpaired) electrons. The van der Waals surface area contributed by atoms with Crippen LogP contribution in [-0.4, -0.2) is 71.4 Å². The quantitative estimate of drug-likeness (QED) is 0.0678. The smallest absolute Gasteiger partial charge is 0.325 e. The van der Waals surface area contributed by atoms with E-state index in [1.54, 1.807) is 13.8 Å². The zero-order valence-corrected chi connectivity index (χ0v) is 19.2. The first-order valence-electron chi connectivity index (χ1n) is 10.5. The van der Waals surface area contributed by atoms with Crippen molar-refractivity contribution in [3.8, 4) is 0 Å². The topological polar surface area (TPSA) is 258 Å². The van der Waals surface area contributed by atoms with Crippen LogP contribution >= 0.6 is 0 Å². The van der Waals surface area contributed by atoms with E-state index < -0.39 is 60.2 Å². The first kappa shape index (κ1) is 29.6. The van der Waals surface area contributed by atoms with Crippen molar-refractivity contribution in [2.45, 2.75) is 70.6 Å². The van der Waals surface area contributed by atoms with Gasteiger partial charge in [-0.25, -0.2) is 0 Å². The fraction of sp³-hybridized carbons (Fsp3) is 0.684. The van der Waals surface area contributed by atoms with Crippen molar-refractivity contribution in [3.63, 3.8) is 0 Å². The minimum Gasteiger partial charge on any atom is -0.480 e. The van der Waals surface area contributed by atoms with E-state index >= 15 is 0 Å². The number of carboxylic acids is 1. The van der Waals surface area contributed by atoms with Crippen LogP contribution in [0.5, 0.6) is 0 Å². The fourth-order valence-electron chi connectivity index (χ4n) is 2.66. The monoisotopic (exact) mass is 472 g/mol. The molecule has 12 N–H and O–H groups in total. The van der Waals surface area contributed by atoms with Crippen LogP contribution in [0.4, 0.5) is 0 Å². The third kappa shape index (κ3) is 11.7. The average Bonchev–Trinajstić information content (AvgIpc) is 2.72. The molecule has 0 aliphatic heterocycles. The summed E-state index contributed by atoms with van der Waals surface area (Å²) in [6, 6.07) is -4.67. The highest BCUT2D eigenvalue weighted by atomic mass is 16.4. The summed E-state index contributed by atoms with van der Waals surface area (Å²) in [6.45, 7) is 5.02. The molecule has 0 aromatic heterocycles. The molecule has 4 amide bonds. The molecule has 0 bridgehead atoms. The van der Waals surface area contributed by atoms with Crippen molar-refractivity contribution in [2.24, 2.45) is 33.8 Å². The molecule has 0 rings (SSSR count). The van der Waals surface area contributed by atoms with Gasteiger partial charge in [0.2, 0.25) is 23.6 Å². The lowest BCUT2D eigenvalue weighted by Gasteiger charge is -2.27. The Labute approximate surface area is 192 Å². The molecule has 0 fully saturated rings. The second-order valence-corrected chi connectivity index (χ2v) is 7.73. The fourth-order valence-corrected chi connectivity index (χ4v) is 2.66. The van der Waals surface area contributed by atoms with E-state index in [4.69, 9.17) is 28.0 Å². The van der Waals surface area contributed by atoms with Crippen molar-refractivity contribution in [1.29, 1.82) is 0 Å². The number of primary amides is 1. The Morgan fingerprint density at radius 3 is 2.03 bits per heavy atom. The molecule has 0 heterocycles. The van der Waals surface area contributed by atoms with Crippen LogP contribution in [0, 0.1) is 5.92 Å². The Bertz CT molecular complexity index is 740. The van der Waals surface area contributed by atoms with Gasteiger partial charge in [-0.3, -0.25) is 29.0 Å². The van der Waals surface area contributed by atoms with Gasteiger partial charge in [0.25, 0.3) is 0 Å². The summed E-state index contributed by atoms with van der Waals surface area (Å²) in [5.41, 5.74) is 21.5. The molecule has 188 valence electrons. The summed E-state index contributed by atoms with van der Waals surface area (Å²) in [5.74, 6) is -4.84. The van der Waals surface area contributed by atoms with Gasteiger partial charge in [-0.05, 0) is 25.7 Å². The van der Waals surface area contributed by atoms with Crippen LogP contribution in [0.1, 0.15) is 46.5 Å². The van der Waals surface area contributed by atoms with Gasteiger partial charge in [-0.1, -0.05) is 20.3 Å². The molecular weight excluding hydrogens is 436 g/mol. The maximum atomic E-state index is 12.9. The summed E-state index contributed by atoms with van der Waals surface area (Å²) in [7, 11) is 0. The molecule has 0 aliphatic rings. The van der Waals surface area contributed by atoms with Crippen LogP contribution in [0.3, 0.4) is 0 Å². The average molecular weight is 473 g/mol. The number of hydrogen-bond donors (Lipinski definition) is 8. The Morgan fingerprint density at radius 2 is 1.55 bits per heavy atom. The summed E-state index contributed by atoms with van der Waals surface area (Å²) < 4.78 is 0. The largest absolute Gasteiger partial charge is 0.480 e. The van der Waals surface area contributed by atoms with Gasteiger partial charge < -0.3 is 44.0 Å². The molecule has 0 saturated heterocycles. The van der Waals surface area contributed by atoms with Crippen molar-refractivity contribution in [2.75, 3.05) is 6.54 Å². The first-order chi connectivity index (χ1) is 15.3. The molecule has 0 saturated carbocycles. The van der Waals surface area contributed by atoms with Crippen LogP contribution in [0.2, 0.25) is 0 Å². The van der Waals surface area contributed by atoms with Crippen LogP contribution in [0.15, 0.2) is 4.99 Å². The highest BCUT2D eigenvalue weighted by Gasteiger charge is 2.32. The van der Waals surface area contributed by atoms with Crippen LogP contribution < -0.4 is 38.9 Å². The summed E-state index contributed by atoms with van der Waals surface area (Å²) in [4.78, 5) is 63.9. The summed E-state index contributed by atoms with van der Waals surface area (Å²) >= 11 is 0. The minimum atomic E-state index is -1.42. The predicted octanol–water partition coefficient (Wildman–Crippen LogP) is -3.15. The number of rotatable bonds is 15. The maximum absolute atomic E-state index is 12.9. The highest BCUT2D eigenvalue weighted by molar-refractivity contribution is 5.96. The molecule has 14 heteroatoms. The van der Waals surface area contributed by atoms with E-state index in [2.05, 4.69) is 20.9 Å². The Morgan fingerprint density at radius 1 is 0.939 bits per heavy atom. The number of amides is 4. The number of nitrogens with one attached hydrogen (secondary N) is 3. The number of carbonyl (C=O) groups is 5. The number of aliphatic carboxylic acids is 1. The zero-order valence-electron chi connectivity index (χ0n) is 19.2. The molecular formula is C19H36N8O6. The van der Waals surface area contributed by atoms with Crippen molar-refractivity contribution >= 4 is 35.6 Å². The Balaban J connectivity index is 5.31. The molecule has 0 aromatic rings. The summed E-state index contributed by atoms with van der Waals surface area (Å²) in [6.07, 6.45) is 0.642. The molecule has 0 aliphatic carbocycles. The molecule has 5 unspecified atom stereocenters. The van der Waals surface area contributed by atoms with Crippen LogP contribution in [-0.2, 0) is 24.0 Å². The molecule has 0 aromatic carbocycles. The van der Waals surface area contributed by atoms with Gasteiger partial charge in [0, 0.05) is 6.54 Å². The molecule has 0 spiro atoms. The number of nitrogens with two attached hydrogens (primary N) is 4. The first-order valence-corrected chi connectivity index (χ1v) is 10.5. The van der Waals surface area contributed by atoms with Crippen molar-refractivity contribution < 1.29 is 29.1 Å². The minimum absolute atomic E-state index is 0.0752. The Hall–Kier alpha value is -3.42. The third-order valence-electron chi connectivity index (χ3n) is 4.87.